The number of hydrogen-bond acceptors (Lipinski definition) is 23. The molecule has 7 rings (SSSR count). The minimum Gasteiger partial charge on any atom is -0.507 e. The van der Waals surface area contributed by atoms with Gasteiger partial charge in [0.1, 0.15) is 96.7 Å². The topological polar surface area (TPSA) is 396 Å². The van der Waals surface area contributed by atoms with Gasteiger partial charge in [0.25, 0.3) is 0 Å². The zero-order valence-corrected chi connectivity index (χ0v) is 34.0. The monoisotopic (exact) mass is 935 g/mol. The SMILES string of the molecule is O=C(/C=C/c1ccc(O)c(O[C@@H]2OC(CO)[C@@H](O)[C@H](O)C2O)c1)OCC1O[C@@H](Oc2cc3c(O[C@@H]4OC(CO)[C@@H](O)[C@H](O)C4O)cc(O)cc3[o+]c2-c2ccc(O)c(O)c2)C(O)C(O)[C@@H]1O. The summed E-state index contributed by atoms with van der Waals surface area (Å²) >= 11 is 0. The highest BCUT2D eigenvalue weighted by Gasteiger charge is 2.48. The number of hydrogen-bond donors (Lipinski definition) is 15. The third kappa shape index (κ3) is 10.0. The Balaban J connectivity index is 1.10. The van der Waals surface area contributed by atoms with Crippen molar-refractivity contribution in [1.82, 2.24) is 0 Å². The maximum Gasteiger partial charge on any atom is 0.402 e. The largest absolute Gasteiger partial charge is 0.507 e. The van der Waals surface area contributed by atoms with E-state index in [9.17, 15) is 81.4 Å². The molecule has 15 atom stereocenters. The highest BCUT2D eigenvalue weighted by Crippen LogP contribution is 2.43. The van der Waals surface area contributed by atoms with Crippen molar-refractivity contribution in [3.05, 3.63) is 66.2 Å². The predicted molar refractivity (Wildman–Crippen MR) is 215 cm³/mol. The van der Waals surface area contributed by atoms with Crippen LogP contribution in [-0.2, 0) is 23.7 Å². The molecule has 7 unspecified atom stereocenters. The van der Waals surface area contributed by atoms with Crippen molar-refractivity contribution in [2.24, 2.45) is 0 Å². The normalized spacial score (nSPS) is 32.6. The number of phenols is 4. The Morgan fingerprint density at radius 2 is 1.09 bits per heavy atom. The summed E-state index contributed by atoms with van der Waals surface area (Å²) in [6.45, 7) is -2.25. The molecule has 0 saturated carbocycles. The van der Waals surface area contributed by atoms with Crippen LogP contribution in [0.2, 0.25) is 0 Å². The quantitative estimate of drug-likeness (QED) is 0.0275. The molecule has 0 bridgehead atoms. The van der Waals surface area contributed by atoms with Crippen molar-refractivity contribution < 1.29 is 119 Å². The van der Waals surface area contributed by atoms with Gasteiger partial charge in [0, 0.05) is 24.3 Å². The Hall–Kier alpha value is -5.68. The lowest BCUT2D eigenvalue weighted by Gasteiger charge is -2.39. The van der Waals surface area contributed by atoms with E-state index < -0.39 is 141 Å². The Kier molecular flexibility index (Phi) is 14.7. The van der Waals surface area contributed by atoms with Crippen LogP contribution in [0.5, 0.6) is 40.2 Å². The maximum absolute atomic E-state index is 12.9. The lowest BCUT2D eigenvalue weighted by Crippen LogP contribution is -2.60. The molecule has 0 aliphatic carbocycles. The standard InChI is InChI=1S/C42H46O24/c43-12-26-30(50)33(53)36(56)40(64-26)61-23-10-17(45)9-22-18(23)11-25(39(60-22)16-3-5-19(46)21(48)8-16)63-42-38(58)35(55)32(52)28(66-42)14-59-29(49)6-2-15-1-4-20(47)24(7-15)62-41-37(57)34(54)31(51)27(13-44)65-41/h1-11,26-28,30-38,40-44,50-58H,12-14H2,(H3-,45,46,47,48,49)/p+1/t26?,27?,28?,30-,31-,32-,33+,34+,35?,36?,37?,38?,40-,41-,42-/m1/s1. The number of phenolic OH excluding ortho intramolecular Hbond substituents is 4. The lowest BCUT2D eigenvalue weighted by molar-refractivity contribution is -0.278. The van der Waals surface area contributed by atoms with Crippen molar-refractivity contribution in [3.63, 3.8) is 0 Å². The number of benzene rings is 3. The van der Waals surface area contributed by atoms with Crippen molar-refractivity contribution in [1.29, 1.82) is 0 Å². The first-order valence-electron chi connectivity index (χ1n) is 20.0. The van der Waals surface area contributed by atoms with E-state index in [-0.39, 0.29) is 45.1 Å². The van der Waals surface area contributed by atoms with Gasteiger partial charge in [-0.3, -0.25) is 0 Å². The number of carbonyl (C=O) groups is 1. The van der Waals surface area contributed by atoms with E-state index in [1.165, 1.54) is 36.4 Å². The molecule has 3 saturated heterocycles. The molecule has 0 amide bonds. The van der Waals surface area contributed by atoms with Crippen LogP contribution in [0.25, 0.3) is 28.4 Å². The van der Waals surface area contributed by atoms with Gasteiger partial charge in [-0.05, 0) is 35.9 Å². The number of aromatic hydroxyl groups is 4. The average Bonchev–Trinajstić information content (AvgIpc) is 3.29. The third-order valence-electron chi connectivity index (χ3n) is 10.9. The van der Waals surface area contributed by atoms with Gasteiger partial charge in [0.2, 0.25) is 24.6 Å². The van der Waals surface area contributed by atoms with E-state index in [2.05, 4.69) is 0 Å². The molecule has 3 fully saturated rings. The summed E-state index contributed by atoms with van der Waals surface area (Å²) < 4.78 is 45.2. The van der Waals surface area contributed by atoms with Crippen LogP contribution in [0.3, 0.4) is 0 Å². The zero-order valence-electron chi connectivity index (χ0n) is 34.0. The number of aliphatic hydroxyl groups is 11. The number of aliphatic hydroxyl groups excluding tert-OH is 11. The molecule has 0 radical (unpaired) electrons. The van der Waals surface area contributed by atoms with Crippen molar-refractivity contribution in [2.45, 2.75) is 92.1 Å². The molecule has 4 aromatic rings. The summed E-state index contributed by atoms with van der Waals surface area (Å²) in [5.41, 5.74) is 0.111. The molecule has 358 valence electrons. The van der Waals surface area contributed by atoms with E-state index in [1.54, 1.807) is 0 Å². The van der Waals surface area contributed by atoms with Gasteiger partial charge in [-0.15, -0.1) is 0 Å². The Morgan fingerprint density at radius 1 is 0.561 bits per heavy atom. The first kappa shape index (κ1) is 48.3. The molecule has 66 heavy (non-hydrogen) atoms. The molecule has 0 spiro atoms. The molecular formula is C42H47O24+. The summed E-state index contributed by atoms with van der Waals surface area (Å²) in [6, 6.07) is 10.6. The summed E-state index contributed by atoms with van der Waals surface area (Å²) in [4.78, 5) is 12.9. The van der Waals surface area contributed by atoms with Crippen LogP contribution in [0.15, 0.2) is 65.1 Å². The van der Waals surface area contributed by atoms with E-state index >= 15 is 0 Å². The van der Waals surface area contributed by atoms with Crippen molar-refractivity contribution in [2.75, 3.05) is 19.8 Å². The first-order chi connectivity index (χ1) is 31.4. The van der Waals surface area contributed by atoms with Crippen molar-refractivity contribution in [3.8, 4) is 51.6 Å². The van der Waals surface area contributed by atoms with Gasteiger partial charge in [-0.1, -0.05) is 6.07 Å². The van der Waals surface area contributed by atoms with Crippen LogP contribution < -0.4 is 14.2 Å². The fourth-order valence-electron chi connectivity index (χ4n) is 7.18. The van der Waals surface area contributed by atoms with Gasteiger partial charge >= 0.3 is 17.3 Å². The van der Waals surface area contributed by atoms with Gasteiger partial charge in [0.05, 0.1) is 24.8 Å². The van der Waals surface area contributed by atoms with Crippen LogP contribution in [0.1, 0.15) is 5.56 Å². The molecule has 24 nitrogen and oxygen atoms in total. The molecule has 3 aliphatic rings. The van der Waals surface area contributed by atoms with E-state index in [0.717, 1.165) is 30.3 Å². The summed E-state index contributed by atoms with van der Waals surface area (Å²) in [5.74, 6) is -4.20. The fraction of sp³-hybridized carbons (Fsp3) is 0.429. The Labute approximate surface area is 371 Å². The van der Waals surface area contributed by atoms with E-state index in [4.69, 9.17) is 37.6 Å². The smallest absolute Gasteiger partial charge is 0.402 e. The number of rotatable bonds is 13. The number of carbonyl (C=O) groups excluding carboxylic acids is 1. The number of esters is 1. The number of ether oxygens (including phenoxy) is 7. The van der Waals surface area contributed by atoms with E-state index in [1.807, 2.05) is 0 Å². The fourth-order valence-corrected chi connectivity index (χ4v) is 7.18. The van der Waals surface area contributed by atoms with Crippen molar-refractivity contribution >= 4 is 23.0 Å². The van der Waals surface area contributed by atoms with Gasteiger partial charge in [-0.2, -0.15) is 0 Å². The molecular weight excluding hydrogens is 888 g/mol. The van der Waals surface area contributed by atoms with Crippen LogP contribution in [-0.4, -0.2) is 195 Å². The number of fused-ring (bicyclic) bond motifs is 1. The van der Waals surface area contributed by atoms with Gasteiger partial charge in [0.15, 0.2) is 23.0 Å². The van der Waals surface area contributed by atoms with Gasteiger partial charge < -0.3 is 110 Å². The summed E-state index contributed by atoms with van der Waals surface area (Å²) in [5, 5.41) is 155. The highest BCUT2D eigenvalue weighted by atomic mass is 16.7. The second-order valence-electron chi connectivity index (χ2n) is 15.5. The predicted octanol–water partition coefficient (Wildman–Crippen LogP) is -3.00. The summed E-state index contributed by atoms with van der Waals surface area (Å²) in [7, 11) is 0. The Morgan fingerprint density at radius 3 is 1.67 bits per heavy atom. The lowest BCUT2D eigenvalue weighted by atomic mass is 9.99. The third-order valence-corrected chi connectivity index (χ3v) is 10.9. The van der Waals surface area contributed by atoms with Crippen LogP contribution in [0.4, 0.5) is 0 Å². The second-order valence-corrected chi connectivity index (χ2v) is 15.5. The average molecular weight is 936 g/mol. The molecule has 4 heterocycles. The first-order valence-corrected chi connectivity index (χ1v) is 20.0. The highest BCUT2D eigenvalue weighted by molar-refractivity contribution is 5.89. The molecule has 15 N–H and O–H groups in total. The van der Waals surface area contributed by atoms with Crippen LogP contribution >= 0.6 is 0 Å². The molecule has 3 aromatic carbocycles. The molecule has 24 heteroatoms. The minimum absolute atomic E-state index is 0.0336. The van der Waals surface area contributed by atoms with Crippen LogP contribution in [0, 0.1) is 0 Å². The molecule has 3 aliphatic heterocycles. The zero-order chi connectivity index (χ0) is 47.7. The second kappa shape index (κ2) is 20.0. The minimum atomic E-state index is -2.00. The maximum atomic E-state index is 12.9. The van der Waals surface area contributed by atoms with E-state index in [0.29, 0.717) is 0 Å². The van der Waals surface area contributed by atoms with Gasteiger partial charge in [-0.25, -0.2) is 9.21 Å². The summed E-state index contributed by atoms with van der Waals surface area (Å²) in [6.07, 6.45) is -23.8. The molecule has 1 aromatic heterocycles. The Bertz CT molecular complexity index is 2370.